The number of rotatable bonds is 5. The molecule has 148 valence electrons. The molecular formula is C23H28N2O3. The van der Waals surface area contributed by atoms with E-state index in [2.05, 4.69) is 0 Å². The van der Waals surface area contributed by atoms with Gasteiger partial charge in [0.05, 0.1) is 12.2 Å². The zero-order valence-electron chi connectivity index (χ0n) is 16.3. The van der Waals surface area contributed by atoms with Gasteiger partial charge in [0.2, 0.25) is 11.8 Å². The Morgan fingerprint density at radius 2 is 1.68 bits per heavy atom. The SMILES string of the molecule is O=C(CC(c1ccccc1)c1ccco1)N1CCCN(C(=O)C2CCC2)CC1. The van der Waals surface area contributed by atoms with E-state index >= 15 is 0 Å². The van der Waals surface area contributed by atoms with Gasteiger partial charge in [-0.05, 0) is 37.0 Å². The van der Waals surface area contributed by atoms with Crippen LogP contribution < -0.4 is 0 Å². The first kappa shape index (κ1) is 18.8. The van der Waals surface area contributed by atoms with E-state index in [0.717, 1.165) is 37.1 Å². The van der Waals surface area contributed by atoms with E-state index in [1.54, 1.807) is 6.26 Å². The molecule has 0 N–H and O–H groups in total. The zero-order valence-corrected chi connectivity index (χ0v) is 16.3. The Morgan fingerprint density at radius 1 is 0.929 bits per heavy atom. The van der Waals surface area contributed by atoms with Crippen LogP contribution in [0.2, 0.25) is 0 Å². The third kappa shape index (κ3) is 4.13. The fourth-order valence-corrected chi connectivity index (χ4v) is 4.16. The van der Waals surface area contributed by atoms with Crippen molar-refractivity contribution in [3.8, 4) is 0 Å². The standard InChI is InChI=1S/C23H28N2O3/c26-22(17-20(21-11-5-16-28-21)18-7-2-1-3-8-18)24-12-6-13-25(15-14-24)23(27)19-9-4-10-19/h1-3,5,7-8,11,16,19-20H,4,6,9-10,12-15,17H2. The molecule has 2 aliphatic rings. The molecule has 2 fully saturated rings. The molecule has 0 spiro atoms. The molecule has 0 bridgehead atoms. The summed E-state index contributed by atoms with van der Waals surface area (Å²) in [5, 5.41) is 0. The van der Waals surface area contributed by atoms with Gasteiger partial charge < -0.3 is 14.2 Å². The van der Waals surface area contributed by atoms with Crippen LogP contribution in [0.5, 0.6) is 0 Å². The minimum Gasteiger partial charge on any atom is -0.469 e. The highest BCUT2D eigenvalue weighted by Crippen LogP contribution is 2.30. The molecule has 1 aliphatic heterocycles. The van der Waals surface area contributed by atoms with E-state index in [1.165, 1.54) is 6.42 Å². The number of amides is 2. The van der Waals surface area contributed by atoms with Crippen LogP contribution in [0.1, 0.15) is 49.3 Å². The summed E-state index contributed by atoms with van der Waals surface area (Å²) in [6, 6.07) is 13.9. The lowest BCUT2D eigenvalue weighted by Crippen LogP contribution is -2.41. The second-order valence-corrected chi connectivity index (χ2v) is 7.87. The van der Waals surface area contributed by atoms with Crippen LogP contribution in [0.4, 0.5) is 0 Å². The molecule has 1 atom stereocenters. The first-order valence-electron chi connectivity index (χ1n) is 10.4. The summed E-state index contributed by atoms with van der Waals surface area (Å²) >= 11 is 0. The van der Waals surface area contributed by atoms with Gasteiger partial charge >= 0.3 is 0 Å². The highest BCUT2D eigenvalue weighted by Gasteiger charge is 2.31. The lowest BCUT2D eigenvalue weighted by atomic mass is 9.84. The van der Waals surface area contributed by atoms with Crippen LogP contribution in [-0.4, -0.2) is 47.8 Å². The molecule has 1 aliphatic carbocycles. The normalized spacial score (nSPS) is 19.0. The molecule has 1 unspecified atom stereocenters. The number of carbonyl (C=O) groups excluding carboxylic acids is 2. The van der Waals surface area contributed by atoms with Gasteiger partial charge in [-0.1, -0.05) is 36.8 Å². The van der Waals surface area contributed by atoms with Crippen molar-refractivity contribution in [2.75, 3.05) is 26.2 Å². The summed E-state index contributed by atoms with van der Waals surface area (Å²) in [7, 11) is 0. The van der Waals surface area contributed by atoms with Crippen molar-refractivity contribution in [3.05, 3.63) is 60.1 Å². The second kappa shape index (κ2) is 8.63. The number of benzene rings is 1. The molecule has 5 nitrogen and oxygen atoms in total. The van der Waals surface area contributed by atoms with E-state index in [4.69, 9.17) is 4.42 Å². The maximum atomic E-state index is 13.1. The molecule has 4 rings (SSSR count). The van der Waals surface area contributed by atoms with Gasteiger partial charge in [-0.3, -0.25) is 9.59 Å². The topological polar surface area (TPSA) is 53.8 Å². The molecular weight excluding hydrogens is 352 g/mol. The Hall–Kier alpha value is -2.56. The molecule has 1 saturated carbocycles. The van der Waals surface area contributed by atoms with Gasteiger partial charge in [-0.2, -0.15) is 0 Å². The number of furan rings is 1. The lowest BCUT2D eigenvalue weighted by molar-refractivity contribution is -0.138. The number of hydrogen-bond acceptors (Lipinski definition) is 3. The van der Waals surface area contributed by atoms with Crippen molar-refractivity contribution in [3.63, 3.8) is 0 Å². The smallest absolute Gasteiger partial charge is 0.225 e. The number of hydrogen-bond donors (Lipinski definition) is 0. The predicted molar refractivity (Wildman–Crippen MR) is 107 cm³/mol. The van der Waals surface area contributed by atoms with Crippen LogP contribution in [0.25, 0.3) is 0 Å². The lowest BCUT2D eigenvalue weighted by Gasteiger charge is -2.31. The quantitative estimate of drug-likeness (QED) is 0.795. The minimum absolute atomic E-state index is 0.0836. The van der Waals surface area contributed by atoms with E-state index in [9.17, 15) is 9.59 Å². The van der Waals surface area contributed by atoms with Crippen molar-refractivity contribution in [1.82, 2.24) is 9.80 Å². The summed E-state index contributed by atoms with van der Waals surface area (Å²) in [5.41, 5.74) is 1.09. The monoisotopic (exact) mass is 380 g/mol. The average Bonchev–Trinajstić information content (AvgIpc) is 3.08. The molecule has 2 heterocycles. The largest absolute Gasteiger partial charge is 0.469 e. The summed E-state index contributed by atoms with van der Waals surface area (Å²) in [5.74, 6) is 1.38. The fourth-order valence-electron chi connectivity index (χ4n) is 4.16. The van der Waals surface area contributed by atoms with Crippen LogP contribution >= 0.6 is 0 Å². The van der Waals surface area contributed by atoms with Crippen molar-refractivity contribution >= 4 is 11.8 Å². The number of nitrogens with zero attached hydrogens (tertiary/aromatic N) is 2. The third-order valence-corrected chi connectivity index (χ3v) is 6.08. The van der Waals surface area contributed by atoms with Gasteiger partial charge in [0.25, 0.3) is 0 Å². The van der Waals surface area contributed by atoms with Crippen molar-refractivity contribution in [2.45, 2.75) is 38.0 Å². The van der Waals surface area contributed by atoms with E-state index in [1.807, 2.05) is 52.3 Å². The molecule has 2 aromatic rings. The van der Waals surface area contributed by atoms with E-state index in [0.29, 0.717) is 32.0 Å². The number of carbonyl (C=O) groups is 2. The predicted octanol–water partition coefficient (Wildman–Crippen LogP) is 3.66. The van der Waals surface area contributed by atoms with Crippen LogP contribution in [0, 0.1) is 5.92 Å². The van der Waals surface area contributed by atoms with Gasteiger partial charge in [-0.15, -0.1) is 0 Å². The molecule has 5 heteroatoms. The maximum absolute atomic E-state index is 13.1. The first-order valence-corrected chi connectivity index (χ1v) is 10.4. The van der Waals surface area contributed by atoms with Gasteiger partial charge in [-0.25, -0.2) is 0 Å². The first-order chi connectivity index (χ1) is 13.7. The summed E-state index contributed by atoms with van der Waals surface area (Å²) in [6.45, 7) is 2.75. The highest BCUT2D eigenvalue weighted by molar-refractivity contribution is 5.80. The molecule has 1 saturated heterocycles. The molecule has 2 amide bonds. The Balaban J connectivity index is 1.41. The Morgan fingerprint density at radius 3 is 2.36 bits per heavy atom. The van der Waals surface area contributed by atoms with Crippen LogP contribution in [0.15, 0.2) is 53.1 Å². The molecule has 1 aromatic carbocycles. The zero-order chi connectivity index (χ0) is 19.3. The van der Waals surface area contributed by atoms with E-state index < -0.39 is 0 Å². The minimum atomic E-state index is -0.0836. The summed E-state index contributed by atoms with van der Waals surface area (Å²) < 4.78 is 5.63. The van der Waals surface area contributed by atoms with Crippen molar-refractivity contribution < 1.29 is 14.0 Å². The molecule has 0 radical (unpaired) electrons. The van der Waals surface area contributed by atoms with Crippen molar-refractivity contribution in [2.24, 2.45) is 5.92 Å². The van der Waals surface area contributed by atoms with Gasteiger partial charge in [0.15, 0.2) is 0 Å². The van der Waals surface area contributed by atoms with Gasteiger partial charge in [0.1, 0.15) is 5.76 Å². The van der Waals surface area contributed by atoms with E-state index in [-0.39, 0.29) is 17.7 Å². The summed E-state index contributed by atoms with van der Waals surface area (Å²) in [4.78, 5) is 29.5. The Kier molecular flexibility index (Phi) is 5.79. The second-order valence-electron chi connectivity index (χ2n) is 7.87. The average molecular weight is 380 g/mol. The van der Waals surface area contributed by atoms with Crippen LogP contribution in [0.3, 0.4) is 0 Å². The van der Waals surface area contributed by atoms with Crippen LogP contribution in [-0.2, 0) is 9.59 Å². The van der Waals surface area contributed by atoms with Gasteiger partial charge in [0, 0.05) is 38.5 Å². The fraction of sp³-hybridized carbons (Fsp3) is 0.478. The Bertz CT molecular complexity index is 783. The highest BCUT2D eigenvalue weighted by atomic mass is 16.3. The Labute approximate surface area is 166 Å². The molecule has 28 heavy (non-hydrogen) atoms. The summed E-state index contributed by atoms with van der Waals surface area (Å²) in [6.07, 6.45) is 6.11. The third-order valence-electron chi connectivity index (χ3n) is 6.08. The maximum Gasteiger partial charge on any atom is 0.225 e. The molecule has 1 aromatic heterocycles. The van der Waals surface area contributed by atoms with Crippen molar-refractivity contribution in [1.29, 1.82) is 0 Å².